The Labute approximate surface area is 174 Å². The predicted octanol–water partition coefficient (Wildman–Crippen LogP) is 3.32. The van der Waals surface area contributed by atoms with E-state index >= 15 is 0 Å². The van der Waals surface area contributed by atoms with Gasteiger partial charge in [-0.2, -0.15) is 0 Å². The Kier molecular flexibility index (Phi) is 6.31. The SMILES string of the molecule is CN1Cc2c(Cl)cc(Cl)cc2C(c2ccc(S(=O)(=O)NCCC(=O)O)cc2)C1. The first-order valence-electron chi connectivity index (χ1n) is 8.65. The molecule has 28 heavy (non-hydrogen) atoms. The predicted molar refractivity (Wildman–Crippen MR) is 109 cm³/mol. The van der Waals surface area contributed by atoms with Gasteiger partial charge in [-0.3, -0.25) is 4.79 Å². The normalized spacial score (nSPS) is 17.3. The van der Waals surface area contributed by atoms with E-state index in [1.165, 1.54) is 12.1 Å². The molecule has 0 aliphatic carbocycles. The van der Waals surface area contributed by atoms with E-state index in [9.17, 15) is 13.2 Å². The van der Waals surface area contributed by atoms with Crippen LogP contribution in [0.2, 0.25) is 10.0 Å². The second-order valence-corrected chi connectivity index (χ2v) is 9.43. The van der Waals surface area contributed by atoms with Gasteiger partial charge in [0.05, 0.1) is 11.3 Å². The number of rotatable bonds is 6. The zero-order valence-electron chi connectivity index (χ0n) is 15.2. The molecular weight excluding hydrogens is 423 g/mol. The molecular formula is C19H20Cl2N2O4S. The molecule has 1 atom stereocenters. The molecule has 0 spiro atoms. The van der Waals surface area contributed by atoms with Gasteiger partial charge in [0.1, 0.15) is 0 Å². The molecule has 0 bridgehead atoms. The number of halogens is 2. The zero-order valence-corrected chi connectivity index (χ0v) is 17.5. The Balaban J connectivity index is 1.87. The smallest absolute Gasteiger partial charge is 0.304 e. The van der Waals surface area contributed by atoms with Crippen molar-refractivity contribution in [2.75, 3.05) is 20.1 Å². The summed E-state index contributed by atoms with van der Waals surface area (Å²) in [6.45, 7) is 1.33. The lowest BCUT2D eigenvalue weighted by atomic mass is 9.85. The van der Waals surface area contributed by atoms with E-state index in [1.807, 2.05) is 13.1 Å². The van der Waals surface area contributed by atoms with Crippen LogP contribution in [0, 0.1) is 0 Å². The number of nitrogens with one attached hydrogen (secondary N) is 1. The lowest BCUT2D eigenvalue weighted by Gasteiger charge is -2.33. The van der Waals surface area contributed by atoms with Crippen LogP contribution in [0.15, 0.2) is 41.3 Å². The lowest BCUT2D eigenvalue weighted by Crippen LogP contribution is -2.31. The Hall–Kier alpha value is -1.64. The summed E-state index contributed by atoms with van der Waals surface area (Å²) in [6.07, 6.45) is -0.274. The molecule has 2 N–H and O–H groups in total. The molecule has 0 fully saturated rings. The molecule has 0 saturated carbocycles. The number of carboxylic acids is 1. The van der Waals surface area contributed by atoms with Crippen molar-refractivity contribution in [2.24, 2.45) is 0 Å². The quantitative estimate of drug-likeness (QED) is 0.716. The number of benzene rings is 2. The fourth-order valence-electron chi connectivity index (χ4n) is 3.39. The Morgan fingerprint density at radius 3 is 2.57 bits per heavy atom. The molecule has 0 aromatic heterocycles. The highest BCUT2D eigenvalue weighted by Crippen LogP contribution is 2.38. The molecule has 9 heteroatoms. The molecule has 2 aromatic carbocycles. The fourth-order valence-corrected chi connectivity index (χ4v) is 4.99. The summed E-state index contributed by atoms with van der Waals surface area (Å²) in [6, 6.07) is 10.2. The van der Waals surface area contributed by atoms with E-state index in [2.05, 4.69) is 9.62 Å². The number of fused-ring (bicyclic) bond motifs is 1. The number of carboxylic acid groups (broad SMARTS) is 1. The topological polar surface area (TPSA) is 86.7 Å². The highest BCUT2D eigenvalue weighted by molar-refractivity contribution is 7.89. The number of carbonyl (C=O) groups is 1. The molecule has 1 unspecified atom stereocenters. The van der Waals surface area contributed by atoms with Crippen molar-refractivity contribution < 1.29 is 18.3 Å². The van der Waals surface area contributed by atoms with E-state index in [0.29, 0.717) is 10.0 Å². The van der Waals surface area contributed by atoms with Crippen molar-refractivity contribution in [3.05, 3.63) is 63.1 Å². The number of nitrogens with zero attached hydrogens (tertiary/aromatic N) is 1. The van der Waals surface area contributed by atoms with Gasteiger partial charge in [-0.15, -0.1) is 0 Å². The first-order chi connectivity index (χ1) is 13.2. The van der Waals surface area contributed by atoms with E-state index in [4.69, 9.17) is 28.3 Å². The molecule has 0 radical (unpaired) electrons. The summed E-state index contributed by atoms with van der Waals surface area (Å²) in [4.78, 5) is 12.8. The van der Waals surface area contributed by atoms with E-state index < -0.39 is 16.0 Å². The van der Waals surface area contributed by atoms with E-state index in [-0.39, 0.29) is 23.8 Å². The second-order valence-electron chi connectivity index (χ2n) is 6.82. The fraction of sp³-hybridized carbons (Fsp3) is 0.316. The first-order valence-corrected chi connectivity index (χ1v) is 10.9. The number of hydrogen-bond donors (Lipinski definition) is 2. The van der Waals surface area contributed by atoms with Crippen LogP contribution in [0.5, 0.6) is 0 Å². The molecule has 2 aromatic rings. The van der Waals surface area contributed by atoms with Crippen LogP contribution in [-0.2, 0) is 21.4 Å². The van der Waals surface area contributed by atoms with Crippen molar-refractivity contribution in [1.82, 2.24) is 9.62 Å². The minimum absolute atomic E-state index is 0.0154. The molecule has 1 heterocycles. The summed E-state index contributed by atoms with van der Waals surface area (Å²) in [5.74, 6) is -1.04. The maximum atomic E-state index is 12.3. The summed E-state index contributed by atoms with van der Waals surface area (Å²) in [7, 11) is -1.75. The van der Waals surface area contributed by atoms with Gasteiger partial charge >= 0.3 is 5.97 Å². The highest BCUT2D eigenvalue weighted by Gasteiger charge is 2.27. The molecule has 3 rings (SSSR count). The number of likely N-dealkylation sites (N-methyl/N-ethyl adjacent to an activating group) is 1. The molecule has 0 saturated heterocycles. The van der Waals surface area contributed by atoms with Crippen LogP contribution in [0.1, 0.15) is 29.0 Å². The number of aliphatic carboxylic acids is 1. The molecule has 1 aliphatic rings. The van der Waals surface area contributed by atoms with Crippen molar-refractivity contribution >= 4 is 39.2 Å². The van der Waals surface area contributed by atoms with Crippen LogP contribution in [0.4, 0.5) is 0 Å². The summed E-state index contributed by atoms with van der Waals surface area (Å²) >= 11 is 12.6. The van der Waals surface area contributed by atoms with Crippen LogP contribution in [-0.4, -0.2) is 44.5 Å². The number of sulfonamides is 1. The van der Waals surface area contributed by atoms with Gasteiger partial charge < -0.3 is 10.0 Å². The van der Waals surface area contributed by atoms with E-state index in [0.717, 1.165) is 29.8 Å². The average molecular weight is 443 g/mol. The molecule has 150 valence electrons. The van der Waals surface area contributed by atoms with Gasteiger partial charge in [-0.05, 0) is 48.0 Å². The van der Waals surface area contributed by atoms with Gasteiger partial charge in [0.25, 0.3) is 0 Å². The number of hydrogen-bond acceptors (Lipinski definition) is 4. The van der Waals surface area contributed by atoms with Crippen molar-refractivity contribution in [3.63, 3.8) is 0 Å². The molecule has 0 amide bonds. The van der Waals surface area contributed by atoms with Crippen molar-refractivity contribution in [1.29, 1.82) is 0 Å². The Morgan fingerprint density at radius 1 is 1.25 bits per heavy atom. The van der Waals surface area contributed by atoms with Crippen LogP contribution < -0.4 is 4.72 Å². The third-order valence-electron chi connectivity index (χ3n) is 4.72. The third kappa shape index (κ3) is 4.67. The Bertz CT molecular complexity index is 994. The summed E-state index contributed by atoms with van der Waals surface area (Å²) in [5, 5.41) is 9.84. The van der Waals surface area contributed by atoms with Gasteiger partial charge in [-0.1, -0.05) is 35.3 Å². The van der Waals surface area contributed by atoms with Crippen molar-refractivity contribution in [2.45, 2.75) is 23.8 Å². The second kappa shape index (κ2) is 8.39. The minimum atomic E-state index is -3.75. The maximum absolute atomic E-state index is 12.3. The summed E-state index contributed by atoms with van der Waals surface area (Å²) < 4.78 is 26.9. The van der Waals surface area contributed by atoms with Gasteiger partial charge in [-0.25, -0.2) is 13.1 Å². The molecule has 1 aliphatic heterocycles. The van der Waals surface area contributed by atoms with Gasteiger partial charge in [0, 0.05) is 35.6 Å². The monoisotopic (exact) mass is 442 g/mol. The van der Waals surface area contributed by atoms with Crippen LogP contribution in [0.3, 0.4) is 0 Å². The van der Waals surface area contributed by atoms with E-state index in [1.54, 1.807) is 18.2 Å². The first kappa shape index (κ1) is 21.1. The Morgan fingerprint density at radius 2 is 1.93 bits per heavy atom. The van der Waals surface area contributed by atoms with Crippen LogP contribution >= 0.6 is 23.2 Å². The lowest BCUT2D eigenvalue weighted by molar-refractivity contribution is -0.136. The minimum Gasteiger partial charge on any atom is -0.481 e. The maximum Gasteiger partial charge on any atom is 0.304 e. The standard InChI is InChI=1S/C19H20Cl2N2O4S/c1-23-10-16(15-8-13(20)9-18(21)17(15)11-23)12-2-4-14(5-3-12)28(26,27)22-7-6-19(24)25/h2-5,8-9,16,22H,6-7,10-11H2,1H3,(H,24,25). The third-order valence-corrected chi connectivity index (χ3v) is 6.75. The van der Waals surface area contributed by atoms with Crippen molar-refractivity contribution in [3.8, 4) is 0 Å². The highest BCUT2D eigenvalue weighted by atomic mass is 35.5. The summed E-state index contributed by atoms with van der Waals surface area (Å²) in [5.41, 5.74) is 3.03. The molecule has 6 nitrogen and oxygen atoms in total. The average Bonchev–Trinajstić information content (AvgIpc) is 2.61. The zero-order chi connectivity index (χ0) is 20.5. The largest absolute Gasteiger partial charge is 0.481 e. The van der Waals surface area contributed by atoms with Gasteiger partial charge in [0.15, 0.2) is 0 Å². The van der Waals surface area contributed by atoms with Gasteiger partial charge in [0.2, 0.25) is 10.0 Å². The van der Waals surface area contributed by atoms with Crippen LogP contribution in [0.25, 0.3) is 0 Å².